The Morgan fingerprint density at radius 1 is 1.35 bits per heavy atom. The predicted molar refractivity (Wildman–Crippen MR) is 97.4 cm³/mol. The monoisotopic (exact) mass is 419 g/mol. The Balaban J connectivity index is 2.11. The molecule has 1 fully saturated rings. The van der Waals surface area contributed by atoms with Gasteiger partial charge in [-0.3, -0.25) is 0 Å². The van der Waals surface area contributed by atoms with Crippen molar-refractivity contribution in [2.24, 2.45) is 5.92 Å². The van der Waals surface area contributed by atoms with Gasteiger partial charge in [0.25, 0.3) is 0 Å². The zero-order chi connectivity index (χ0) is 14.4. The molecule has 0 bridgehead atoms. The number of rotatable bonds is 6. The molecule has 112 valence electrons. The summed E-state index contributed by atoms with van der Waals surface area (Å²) in [7, 11) is 0. The summed E-state index contributed by atoms with van der Waals surface area (Å²) in [5.41, 5.74) is 1.60. The van der Waals surface area contributed by atoms with E-state index >= 15 is 0 Å². The van der Waals surface area contributed by atoms with Crippen LogP contribution < -0.4 is 5.32 Å². The smallest absolute Gasteiger partial charge is 0.0846 e. The summed E-state index contributed by atoms with van der Waals surface area (Å²) >= 11 is 8.99. The van der Waals surface area contributed by atoms with Crippen molar-refractivity contribution in [1.82, 2.24) is 5.32 Å². The van der Waals surface area contributed by atoms with E-state index < -0.39 is 0 Å². The first-order chi connectivity index (χ1) is 9.70. The average Bonchev–Trinajstić information content (AvgIpc) is 2.77. The van der Waals surface area contributed by atoms with Gasteiger partial charge in [-0.15, -0.1) is 11.3 Å². The number of halogens is 2. The minimum atomic E-state index is 0.785. The summed E-state index contributed by atoms with van der Waals surface area (Å²) in [6.45, 7) is 4.39. The fourth-order valence-electron chi connectivity index (χ4n) is 2.81. The van der Waals surface area contributed by atoms with Crippen LogP contribution in [0.25, 0.3) is 6.08 Å². The molecule has 0 atom stereocenters. The lowest BCUT2D eigenvalue weighted by molar-refractivity contribution is 0.397. The van der Waals surface area contributed by atoms with Gasteiger partial charge in [-0.25, -0.2) is 0 Å². The fourth-order valence-corrected chi connectivity index (χ4v) is 4.88. The molecular weight excluding hydrogens is 398 g/mol. The van der Waals surface area contributed by atoms with E-state index in [0.717, 1.165) is 19.0 Å². The van der Waals surface area contributed by atoms with E-state index in [4.69, 9.17) is 0 Å². The summed E-state index contributed by atoms with van der Waals surface area (Å²) < 4.78 is 2.35. The van der Waals surface area contributed by atoms with Crippen LogP contribution in [0.15, 0.2) is 19.9 Å². The van der Waals surface area contributed by atoms with Crippen LogP contribution in [0, 0.1) is 5.92 Å². The lowest BCUT2D eigenvalue weighted by Crippen LogP contribution is -2.22. The summed E-state index contributed by atoms with van der Waals surface area (Å²) in [5.74, 6) is 0.785. The van der Waals surface area contributed by atoms with Crippen molar-refractivity contribution in [2.75, 3.05) is 13.1 Å². The highest BCUT2D eigenvalue weighted by atomic mass is 79.9. The molecule has 1 aromatic rings. The van der Waals surface area contributed by atoms with Crippen LogP contribution >= 0.6 is 43.2 Å². The third kappa shape index (κ3) is 4.97. The van der Waals surface area contributed by atoms with Crippen LogP contribution in [0.3, 0.4) is 0 Å². The van der Waals surface area contributed by atoms with E-state index in [0.29, 0.717) is 0 Å². The predicted octanol–water partition coefficient (Wildman–Crippen LogP) is 6.24. The first-order valence-corrected chi connectivity index (χ1v) is 9.97. The zero-order valence-electron chi connectivity index (χ0n) is 12.1. The van der Waals surface area contributed by atoms with Gasteiger partial charge in [-0.1, -0.05) is 31.8 Å². The third-order valence-corrected chi connectivity index (χ3v) is 7.08. The molecule has 0 aliphatic heterocycles. The number of hydrogen-bond donors (Lipinski definition) is 1. The van der Waals surface area contributed by atoms with Crippen LogP contribution in [-0.4, -0.2) is 13.1 Å². The molecule has 0 unspecified atom stereocenters. The fraction of sp³-hybridized carbons (Fsp3) is 0.625. The highest BCUT2D eigenvalue weighted by Crippen LogP contribution is 2.36. The Morgan fingerprint density at radius 3 is 2.70 bits per heavy atom. The van der Waals surface area contributed by atoms with Crippen molar-refractivity contribution >= 4 is 49.3 Å². The van der Waals surface area contributed by atoms with E-state index in [-0.39, 0.29) is 0 Å². The van der Waals surface area contributed by atoms with Crippen molar-refractivity contribution in [3.63, 3.8) is 0 Å². The van der Waals surface area contributed by atoms with Gasteiger partial charge in [0.1, 0.15) is 0 Å². The third-order valence-electron chi connectivity index (χ3n) is 3.88. The highest BCUT2D eigenvalue weighted by molar-refractivity contribution is 9.13. The maximum Gasteiger partial charge on any atom is 0.0846 e. The van der Waals surface area contributed by atoms with Gasteiger partial charge < -0.3 is 5.32 Å². The topological polar surface area (TPSA) is 12.0 Å². The van der Waals surface area contributed by atoms with Crippen molar-refractivity contribution in [2.45, 2.75) is 45.4 Å². The van der Waals surface area contributed by atoms with Gasteiger partial charge in [-0.05, 0) is 75.7 Å². The summed E-state index contributed by atoms with van der Waals surface area (Å²) in [5, 5.41) is 3.59. The van der Waals surface area contributed by atoms with E-state index in [1.54, 1.807) is 5.57 Å². The van der Waals surface area contributed by atoms with Crippen molar-refractivity contribution in [3.8, 4) is 0 Å². The second-order valence-corrected chi connectivity index (χ2v) is 8.76. The molecule has 1 nitrogen and oxygen atoms in total. The molecule has 0 radical (unpaired) electrons. The molecule has 1 saturated carbocycles. The Morgan fingerprint density at radius 2 is 2.10 bits per heavy atom. The maximum atomic E-state index is 3.59. The van der Waals surface area contributed by atoms with Gasteiger partial charge >= 0.3 is 0 Å². The van der Waals surface area contributed by atoms with Crippen LogP contribution in [0.2, 0.25) is 0 Å². The Labute approximate surface area is 143 Å². The van der Waals surface area contributed by atoms with Crippen molar-refractivity contribution < 1.29 is 0 Å². The standard InChI is InChI=1S/C16H23Br2NS/c1-2-8-19-11-13(12-6-4-3-5-7-12)9-14-10-15(17)16(18)20-14/h9-10,12,19H,2-8,11H2,1H3. The zero-order valence-corrected chi connectivity index (χ0v) is 16.0. The van der Waals surface area contributed by atoms with Crippen molar-refractivity contribution in [3.05, 3.63) is 24.8 Å². The van der Waals surface area contributed by atoms with Gasteiger partial charge in [0, 0.05) is 15.9 Å². The second-order valence-electron chi connectivity index (χ2n) is 5.50. The van der Waals surface area contributed by atoms with Crippen molar-refractivity contribution in [1.29, 1.82) is 0 Å². The summed E-state index contributed by atoms with van der Waals surface area (Å²) in [6.07, 6.45) is 10.6. The summed E-state index contributed by atoms with van der Waals surface area (Å²) in [4.78, 5) is 1.35. The average molecular weight is 421 g/mol. The number of nitrogens with one attached hydrogen (secondary N) is 1. The largest absolute Gasteiger partial charge is 0.313 e. The first kappa shape index (κ1) is 16.7. The quantitative estimate of drug-likeness (QED) is 0.537. The van der Waals surface area contributed by atoms with E-state index in [2.05, 4.69) is 56.2 Å². The number of thiophene rings is 1. The molecule has 1 aliphatic rings. The SMILES string of the molecule is CCCNCC(=Cc1cc(Br)c(Br)s1)C1CCCCC1. The van der Waals surface area contributed by atoms with Crippen LogP contribution in [0.5, 0.6) is 0 Å². The molecule has 1 aromatic heterocycles. The lowest BCUT2D eigenvalue weighted by atomic mass is 9.83. The molecule has 0 spiro atoms. The van der Waals surface area contributed by atoms with Crippen LogP contribution in [0.4, 0.5) is 0 Å². The molecule has 0 saturated heterocycles. The van der Waals surface area contributed by atoms with Crippen LogP contribution in [-0.2, 0) is 0 Å². The normalized spacial score (nSPS) is 17.6. The maximum absolute atomic E-state index is 3.59. The van der Waals surface area contributed by atoms with E-state index in [1.165, 1.54) is 51.7 Å². The number of hydrogen-bond acceptors (Lipinski definition) is 2. The first-order valence-electron chi connectivity index (χ1n) is 7.56. The minimum Gasteiger partial charge on any atom is -0.313 e. The van der Waals surface area contributed by atoms with Gasteiger partial charge in [0.15, 0.2) is 0 Å². The Kier molecular flexibility index (Phi) is 7.29. The Bertz CT molecular complexity index is 428. The molecule has 0 aromatic carbocycles. The van der Waals surface area contributed by atoms with Gasteiger partial charge in [0.05, 0.1) is 3.79 Å². The highest BCUT2D eigenvalue weighted by Gasteiger charge is 2.18. The van der Waals surface area contributed by atoms with E-state index in [1.807, 2.05) is 11.3 Å². The molecule has 1 aliphatic carbocycles. The van der Waals surface area contributed by atoms with Gasteiger partial charge in [0.2, 0.25) is 0 Å². The molecule has 0 amide bonds. The second kappa shape index (κ2) is 8.72. The van der Waals surface area contributed by atoms with Crippen LogP contribution in [0.1, 0.15) is 50.3 Å². The van der Waals surface area contributed by atoms with Gasteiger partial charge in [-0.2, -0.15) is 0 Å². The molecule has 1 heterocycles. The molecular formula is C16H23Br2NS. The molecule has 20 heavy (non-hydrogen) atoms. The van der Waals surface area contributed by atoms with E-state index in [9.17, 15) is 0 Å². The molecule has 2 rings (SSSR count). The Hall–Kier alpha value is 0.360. The lowest BCUT2D eigenvalue weighted by Gasteiger charge is -2.25. The molecule has 4 heteroatoms. The molecule has 1 N–H and O–H groups in total. The summed E-state index contributed by atoms with van der Waals surface area (Å²) in [6, 6.07) is 2.22. The minimum absolute atomic E-state index is 0.785.